The highest BCUT2D eigenvalue weighted by atomic mass is 35.5. The van der Waals surface area contributed by atoms with Gasteiger partial charge in [0, 0.05) is 22.2 Å². The van der Waals surface area contributed by atoms with Gasteiger partial charge in [-0.05, 0) is 55.1 Å². The number of benzene rings is 2. The zero-order valence-electron chi connectivity index (χ0n) is 14.3. The first-order chi connectivity index (χ1) is 12.2. The van der Waals surface area contributed by atoms with E-state index in [0.717, 1.165) is 42.1 Å². The first-order valence-corrected chi connectivity index (χ1v) is 9.14. The summed E-state index contributed by atoms with van der Waals surface area (Å²) < 4.78 is 0. The quantitative estimate of drug-likeness (QED) is 0.717. The van der Waals surface area contributed by atoms with Crippen LogP contribution in [-0.2, 0) is 5.41 Å². The molecule has 2 N–H and O–H groups in total. The normalized spacial score (nSPS) is 16.7. The highest BCUT2D eigenvalue weighted by molar-refractivity contribution is 6.32. The number of hydrogen-bond donors (Lipinski definition) is 2. The van der Waals surface area contributed by atoms with Crippen LogP contribution in [0, 0.1) is 6.92 Å². The van der Waals surface area contributed by atoms with Crippen LogP contribution in [0.1, 0.15) is 29.5 Å². The second kappa shape index (κ2) is 6.66. The maximum absolute atomic E-state index is 6.75. The SMILES string of the molecule is Cc1cccc(C2(c3ccc(-c4cn[nH]c4)cc3)CCNCC2)c1Cl. The fourth-order valence-corrected chi connectivity index (χ4v) is 4.28. The van der Waals surface area contributed by atoms with Gasteiger partial charge >= 0.3 is 0 Å². The smallest absolute Gasteiger partial charge is 0.0565 e. The summed E-state index contributed by atoms with van der Waals surface area (Å²) in [6.45, 7) is 4.10. The third kappa shape index (κ3) is 2.88. The summed E-state index contributed by atoms with van der Waals surface area (Å²) in [5.41, 5.74) is 6.01. The van der Waals surface area contributed by atoms with Gasteiger partial charge in [-0.1, -0.05) is 54.1 Å². The van der Waals surface area contributed by atoms with Crippen LogP contribution in [0.4, 0.5) is 0 Å². The highest BCUT2D eigenvalue weighted by Crippen LogP contribution is 2.44. The number of rotatable bonds is 3. The van der Waals surface area contributed by atoms with Gasteiger partial charge in [0.2, 0.25) is 0 Å². The molecule has 1 aromatic heterocycles. The fourth-order valence-electron chi connectivity index (χ4n) is 3.97. The average molecular weight is 352 g/mol. The van der Waals surface area contributed by atoms with E-state index in [1.807, 2.05) is 12.4 Å². The zero-order valence-corrected chi connectivity index (χ0v) is 15.1. The van der Waals surface area contributed by atoms with Gasteiger partial charge in [0.25, 0.3) is 0 Å². The molecule has 1 aliphatic rings. The van der Waals surface area contributed by atoms with Crippen LogP contribution < -0.4 is 5.32 Å². The van der Waals surface area contributed by atoms with Crippen molar-refractivity contribution in [1.29, 1.82) is 0 Å². The van der Waals surface area contributed by atoms with Crippen molar-refractivity contribution in [3.8, 4) is 11.1 Å². The van der Waals surface area contributed by atoms with Crippen molar-refractivity contribution >= 4 is 11.6 Å². The van der Waals surface area contributed by atoms with Crippen LogP contribution in [0.2, 0.25) is 5.02 Å². The molecule has 25 heavy (non-hydrogen) atoms. The van der Waals surface area contributed by atoms with Gasteiger partial charge in [-0.3, -0.25) is 5.10 Å². The zero-order chi connectivity index (χ0) is 17.3. The fraction of sp³-hybridized carbons (Fsp3) is 0.286. The molecule has 3 nitrogen and oxygen atoms in total. The van der Waals surface area contributed by atoms with E-state index >= 15 is 0 Å². The molecule has 0 spiro atoms. The summed E-state index contributed by atoms with van der Waals surface area (Å²) >= 11 is 6.75. The molecule has 0 aliphatic carbocycles. The Balaban J connectivity index is 1.80. The van der Waals surface area contributed by atoms with Crippen LogP contribution in [0.25, 0.3) is 11.1 Å². The minimum atomic E-state index is -0.0245. The van der Waals surface area contributed by atoms with Crippen molar-refractivity contribution in [2.75, 3.05) is 13.1 Å². The average Bonchev–Trinajstić information content (AvgIpc) is 3.19. The van der Waals surface area contributed by atoms with Crippen molar-refractivity contribution in [2.24, 2.45) is 0 Å². The summed E-state index contributed by atoms with van der Waals surface area (Å²) in [4.78, 5) is 0. The molecule has 3 aromatic rings. The molecule has 128 valence electrons. The van der Waals surface area contributed by atoms with E-state index in [4.69, 9.17) is 11.6 Å². The molecule has 0 radical (unpaired) electrons. The Kier molecular flexibility index (Phi) is 4.36. The number of H-pyrrole nitrogens is 1. The molecular weight excluding hydrogens is 330 g/mol. The Hall–Kier alpha value is -2.10. The molecule has 2 aromatic carbocycles. The van der Waals surface area contributed by atoms with Crippen molar-refractivity contribution in [1.82, 2.24) is 15.5 Å². The van der Waals surface area contributed by atoms with Crippen LogP contribution in [0.3, 0.4) is 0 Å². The molecule has 0 bridgehead atoms. The van der Waals surface area contributed by atoms with Crippen molar-refractivity contribution < 1.29 is 0 Å². The minimum absolute atomic E-state index is 0.0245. The van der Waals surface area contributed by atoms with Gasteiger partial charge in [-0.25, -0.2) is 0 Å². The van der Waals surface area contributed by atoms with Crippen LogP contribution >= 0.6 is 11.6 Å². The second-order valence-corrected chi connectivity index (χ2v) is 7.21. The molecule has 2 heterocycles. The lowest BCUT2D eigenvalue weighted by Crippen LogP contribution is -2.41. The number of aryl methyl sites for hydroxylation is 1. The highest BCUT2D eigenvalue weighted by Gasteiger charge is 2.37. The second-order valence-electron chi connectivity index (χ2n) is 6.83. The van der Waals surface area contributed by atoms with Gasteiger partial charge in [0.05, 0.1) is 6.20 Å². The molecule has 1 saturated heterocycles. The largest absolute Gasteiger partial charge is 0.317 e. The Morgan fingerprint density at radius 3 is 2.44 bits per heavy atom. The van der Waals surface area contributed by atoms with E-state index in [9.17, 15) is 0 Å². The maximum atomic E-state index is 6.75. The summed E-state index contributed by atoms with van der Waals surface area (Å²) in [7, 11) is 0. The molecule has 1 fully saturated rings. The van der Waals surface area contributed by atoms with Crippen molar-refractivity contribution in [3.05, 3.63) is 76.6 Å². The standard InChI is InChI=1S/C21H22ClN3/c1-15-3-2-4-19(20(15)22)21(9-11-23-12-10-21)18-7-5-16(6-8-18)17-13-24-25-14-17/h2-8,13-14,23H,9-12H2,1H3,(H,24,25). The van der Waals surface area contributed by atoms with Crippen molar-refractivity contribution in [3.63, 3.8) is 0 Å². The summed E-state index contributed by atoms with van der Waals surface area (Å²) in [6, 6.07) is 15.3. The van der Waals surface area contributed by atoms with Gasteiger partial charge in [0.15, 0.2) is 0 Å². The lowest BCUT2D eigenvalue weighted by Gasteiger charge is -2.39. The third-order valence-electron chi connectivity index (χ3n) is 5.43. The molecule has 0 atom stereocenters. The lowest BCUT2D eigenvalue weighted by molar-refractivity contribution is 0.362. The van der Waals surface area contributed by atoms with Crippen LogP contribution in [0.5, 0.6) is 0 Å². The monoisotopic (exact) mass is 351 g/mol. The summed E-state index contributed by atoms with van der Waals surface area (Å²) in [5.74, 6) is 0. The number of aromatic amines is 1. The topological polar surface area (TPSA) is 40.7 Å². The van der Waals surface area contributed by atoms with E-state index in [0.29, 0.717) is 0 Å². The molecule has 1 aliphatic heterocycles. The summed E-state index contributed by atoms with van der Waals surface area (Å²) in [6.07, 6.45) is 5.89. The maximum Gasteiger partial charge on any atom is 0.0565 e. The third-order valence-corrected chi connectivity index (χ3v) is 5.94. The molecule has 0 saturated carbocycles. The number of piperidine rings is 1. The first-order valence-electron chi connectivity index (χ1n) is 8.77. The van der Waals surface area contributed by atoms with Crippen LogP contribution in [0.15, 0.2) is 54.9 Å². The Bertz CT molecular complexity index is 847. The molecule has 0 amide bonds. The predicted octanol–water partition coefficient (Wildman–Crippen LogP) is 4.71. The van der Waals surface area contributed by atoms with E-state index in [1.54, 1.807) is 0 Å². The van der Waals surface area contributed by atoms with E-state index in [2.05, 4.69) is 64.9 Å². The molecule has 0 unspecified atom stereocenters. The molecule has 4 rings (SSSR count). The van der Waals surface area contributed by atoms with E-state index in [1.165, 1.54) is 16.7 Å². The Morgan fingerprint density at radius 2 is 1.76 bits per heavy atom. The minimum Gasteiger partial charge on any atom is -0.317 e. The van der Waals surface area contributed by atoms with Gasteiger partial charge in [0.1, 0.15) is 0 Å². The van der Waals surface area contributed by atoms with E-state index < -0.39 is 0 Å². The summed E-state index contributed by atoms with van der Waals surface area (Å²) in [5, 5.41) is 11.3. The lowest BCUT2D eigenvalue weighted by atomic mass is 9.68. The Labute approximate surface area is 153 Å². The number of nitrogens with zero attached hydrogens (tertiary/aromatic N) is 1. The van der Waals surface area contributed by atoms with Crippen LogP contribution in [-0.4, -0.2) is 23.3 Å². The van der Waals surface area contributed by atoms with E-state index in [-0.39, 0.29) is 5.41 Å². The predicted molar refractivity (Wildman–Crippen MR) is 103 cm³/mol. The number of halogens is 1. The Morgan fingerprint density at radius 1 is 1.00 bits per heavy atom. The van der Waals surface area contributed by atoms with Crippen molar-refractivity contribution in [2.45, 2.75) is 25.2 Å². The van der Waals surface area contributed by atoms with Gasteiger partial charge in [-0.15, -0.1) is 0 Å². The number of aromatic nitrogens is 2. The first kappa shape index (κ1) is 16.4. The number of hydrogen-bond acceptors (Lipinski definition) is 2. The molecular formula is C21H22ClN3. The van der Waals surface area contributed by atoms with Gasteiger partial charge < -0.3 is 5.32 Å². The van der Waals surface area contributed by atoms with Gasteiger partial charge in [-0.2, -0.15) is 5.10 Å². The number of nitrogens with one attached hydrogen (secondary N) is 2. The molecule has 4 heteroatoms.